The third-order valence-electron chi connectivity index (χ3n) is 2.70. The Balaban J connectivity index is 2.57. The molecule has 1 atom stereocenters. The minimum Gasteiger partial charge on any atom is -0.480 e. The van der Waals surface area contributed by atoms with Crippen LogP contribution in [-0.2, 0) is 19.4 Å². The van der Waals surface area contributed by atoms with Crippen molar-refractivity contribution < 1.29 is 32.8 Å². The fourth-order valence-electron chi connectivity index (χ4n) is 1.42. The first-order valence-electron chi connectivity index (χ1n) is 6.27. The molecule has 23 heavy (non-hydrogen) atoms. The lowest BCUT2D eigenvalue weighted by Gasteiger charge is -2.10. The van der Waals surface area contributed by atoms with Gasteiger partial charge in [-0.05, 0) is 19.1 Å². The number of benzene rings is 1. The zero-order chi connectivity index (χ0) is 17.6. The highest BCUT2D eigenvalue weighted by molar-refractivity contribution is 7.91. The van der Waals surface area contributed by atoms with Gasteiger partial charge in [-0.25, -0.2) is 13.2 Å². The smallest absolute Gasteiger partial charge is 0.407 e. The van der Waals surface area contributed by atoms with Gasteiger partial charge in [-0.15, -0.1) is 0 Å². The molecule has 0 spiro atoms. The van der Waals surface area contributed by atoms with E-state index in [1.54, 1.807) is 0 Å². The lowest BCUT2D eigenvalue weighted by molar-refractivity contribution is -0.384. The van der Waals surface area contributed by atoms with Gasteiger partial charge in [-0.3, -0.25) is 14.9 Å². The number of carboxylic acid groups (broad SMARTS) is 1. The number of hydrogen-bond acceptors (Lipinski definition) is 7. The monoisotopic (exact) mass is 346 g/mol. The van der Waals surface area contributed by atoms with Crippen LogP contribution in [0, 0.1) is 10.1 Å². The molecule has 0 aliphatic rings. The van der Waals surface area contributed by atoms with Crippen LogP contribution < -0.4 is 5.32 Å². The number of sulfone groups is 1. The average molecular weight is 346 g/mol. The number of amides is 1. The highest BCUT2D eigenvalue weighted by atomic mass is 32.2. The van der Waals surface area contributed by atoms with Gasteiger partial charge in [-0.2, -0.15) is 0 Å². The summed E-state index contributed by atoms with van der Waals surface area (Å²) < 4.78 is 28.5. The summed E-state index contributed by atoms with van der Waals surface area (Å²) in [5.41, 5.74) is -0.248. The van der Waals surface area contributed by atoms with E-state index in [1.165, 1.54) is 6.92 Å². The van der Waals surface area contributed by atoms with E-state index in [9.17, 15) is 28.1 Å². The van der Waals surface area contributed by atoms with Gasteiger partial charge in [0.25, 0.3) is 5.69 Å². The molecular formula is C12H14N2O8S. The first-order valence-corrected chi connectivity index (χ1v) is 7.92. The van der Waals surface area contributed by atoms with E-state index in [0.29, 0.717) is 0 Å². The van der Waals surface area contributed by atoms with Gasteiger partial charge in [0.2, 0.25) is 0 Å². The van der Waals surface area contributed by atoms with Crippen molar-refractivity contribution in [1.29, 1.82) is 0 Å². The molecule has 0 saturated carbocycles. The largest absolute Gasteiger partial charge is 0.480 e. The number of aliphatic carboxylic acids is 1. The summed E-state index contributed by atoms with van der Waals surface area (Å²) in [6, 6.07) is 3.10. The predicted octanol–water partition coefficient (Wildman–Crippen LogP) is 0.568. The fraction of sp³-hybridized carbons (Fsp3) is 0.333. The minimum atomic E-state index is -3.79. The van der Waals surface area contributed by atoms with Crippen LogP contribution >= 0.6 is 0 Å². The van der Waals surface area contributed by atoms with Gasteiger partial charge < -0.3 is 15.2 Å². The number of carbonyl (C=O) groups is 2. The van der Waals surface area contributed by atoms with Gasteiger partial charge in [0.05, 0.1) is 15.6 Å². The van der Waals surface area contributed by atoms with Crippen LogP contribution in [0.2, 0.25) is 0 Å². The molecule has 0 bridgehead atoms. The molecule has 2 N–H and O–H groups in total. The lowest BCUT2D eigenvalue weighted by Crippen LogP contribution is -2.39. The number of nitro benzene ring substituents is 1. The molecule has 1 aromatic carbocycles. The van der Waals surface area contributed by atoms with Crippen molar-refractivity contribution in [2.45, 2.75) is 17.9 Å². The summed E-state index contributed by atoms with van der Waals surface area (Å²) in [6.07, 6.45) is -1.06. The minimum absolute atomic E-state index is 0.147. The fourth-order valence-corrected chi connectivity index (χ4v) is 2.51. The van der Waals surface area contributed by atoms with Crippen LogP contribution in [-0.4, -0.2) is 48.9 Å². The summed E-state index contributed by atoms with van der Waals surface area (Å²) >= 11 is 0. The molecule has 126 valence electrons. The highest BCUT2D eigenvalue weighted by Crippen LogP contribution is 2.16. The van der Waals surface area contributed by atoms with E-state index < -0.39 is 45.2 Å². The number of nitrogens with one attached hydrogen (secondary N) is 1. The van der Waals surface area contributed by atoms with Crippen molar-refractivity contribution in [2.24, 2.45) is 0 Å². The normalized spacial score (nSPS) is 12.2. The van der Waals surface area contributed by atoms with Crippen molar-refractivity contribution in [3.05, 3.63) is 34.4 Å². The molecule has 0 aromatic heterocycles. The molecule has 1 aromatic rings. The SMILES string of the molecule is C[C@H](NC(=O)OCCS(=O)(=O)c1ccc([N+](=O)[O-])cc1)C(=O)O. The molecular weight excluding hydrogens is 332 g/mol. The molecule has 0 unspecified atom stereocenters. The van der Waals surface area contributed by atoms with Crippen molar-refractivity contribution in [3.63, 3.8) is 0 Å². The van der Waals surface area contributed by atoms with Crippen molar-refractivity contribution in [3.8, 4) is 0 Å². The summed E-state index contributed by atoms with van der Waals surface area (Å²) in [7, 11) is -3.79. The van der Waals surface area contributed by atoms with Crippen LogP contribution in [0.25, 0.3) is 0 Å². The number of nitro groups is 1. The first kappa shape index (κ1) is 18.4. The Morgan fingerprint density at radius 2 is 1.91 bits per heavy atom. The van der Waals surface area contributed by atoms with E-state index >= 15 is 0 Å². The maximum Gasteiger partial charge on any atom is 0.407 e. The van der Waals surface area contributed by atoms with Crippen LogP contribution in [0.5, 0.6) is 0 Å². The average Bonchev–Trinajstić information content (AvgIpc) is 2.46. The first-order chi connectivity index (χ1) is 10.6. The Morgan fingerprint density at radius 3 is 2.39 bits per heavy atom. The quantitative estimate of drug-likeness (QED) is 0.536. The number of nitrogens with zero attached hydrogens (tertiary/aromatic N) is 1. The van der Waals surface area contributed by atoms with Gasteiger partial charge in [-0.1, -0.05) is 0 Å². The molecule has 0 aliphatic carbocycles. The Kier molecular flexibility index (Phi) is 6.02. The Morgan fingerprint density at radius 1 is 1.35 bits per heavy atom. The topological polar surface area (TPSA) is 153 Å². The van der Waals surface area contributed by atoms with E-state index in [-0.39, 0.29) is 10.6 Å². The van der Waals surface area contributed by atoms with Gasteiger partial charge >= 0.3 is 12.1 Å². The van der Waals surface area contributed by atoms with Crippen LogP contribution in [0.4, 0.5) is 10.5 Å². The van der Waals surface area contributed by atoms with Gasteiger partial charge in [0.15, 0.2) is 9.84 Å². The third-order valence-corrected chi connectivity index (χ3v) is 4.39. The molecule has 0 saturated heterocycles. The molecule has 0 fully saturated rings. The van der Waals surface area contributed by atoms with E-state index in [4.69, 9.17) is 5.11 Å². The van der Waals surface area contributed by atoms with Crippen molar-refractivity contribution >= 4 is 27.6 Å². The van der Waals surface area contributed by atoms with Gasteiger partial charge in [0, 0.05) is 12.1 Å². The number of ether oxygens (including phenoxy) is 1. The maximum atomic E-state index is 11.9. The van der Waals surface area contributed by atoms with Gasteiger partial charge in [0.1, 0.15) is 12.6 Å². The number of alkyl carbamates (subject to hydrolysis) is 1. The lowest BCUT2D eigenvalue weighted by atomic mass is 10.3. The molecule has 0 aliphatic heterocycles. The van der Waals surface area contributed by atoms with Crippen LogP contribution in [0.1, 0.15) is 6.92 Å². The zero-order valence-electron chi connectivity index (χ0n) is 12.0. The van der Waals surface area contributed by atoms with Crippen LogP contribution in [0.15, 0.2) is 29.2 Å². The number of non-ortho nitro benzene ring substituents is 1. The second-order valence-corrected chi connectivity index (χ2v) is 6.52. The predicted molar refractivity (Wildman–Crippen MR) is 76.7 cm³/mol. The third kappa shape index (κ3) is 5.54. The Hall–Kier alpha value is -2.69. The standard InChI is InChI=1S/C12H14N2O8S/c1-8(11(15)16)13-12(17)22-6-7-23(20,21)10-4-2-9(3-5-10)14(18)19/h2-5,8H,6-7H2,1H3,(H,13,17)(H,15,16)/t8-/m0/s1. The second kappa shape index (κ2) is 7.54. The summed E-state index contributed by atoms with van der Waals surface area (Å²) in [5.74, 6) is -1.81. The molecule has 0 radical (unpaired) electrons. The summed E-state index contributed by atoms with van der Waals surface area (Å²) in [5, 5.41) is 21.1. The van der Waals surface area contributed by atoms with Crippen molar-refractivity contribution in [2.75, 3.05) is 12.4 Å². The second-order valence-electron chi connectivity index (χ2n) is 4.41. The van der Waals surface area contributed by atoms with E-state index in [1.807, 2.05) is 5.32 Å². The Labute approximate surface area is 131 Å². The van der Waals surface area contributed by atoms with E-state index in [0.717, 1.165) is 24.3 Å². The molecule has 0 heterocycles. The zero-order valence-corrected chi connectivity index (χ0v) is 12.8. The van der Waals surface area contributed by atoms with E-state index in [2.05, 4.69) is 4.74 Å². The summed E-state index contributed by atoms with van der Waals surface area (Å²) in [4.78, 5) is 31.4. The number of carboxylic acids is 1. The number of carbonyl (C=O) groups excluding carboxylic acids is 1. The maximum absolute atomic E-state index is 11.9. The molecule has 1 rings (SSSR count). The molecule has 1 amide bonds. The summed E-state index contributed by atoms with van der Waals surface area (Å²) in [6.45, 7) is 0.731. The molecule has 11 heteroatoms. The van der Waals surface area contributed by atoms with Crippen LogP contribution in [0.3, 0.4) is 0 Å². The number of hydrogen-bond donors (Lipinski definition) is 2. The molecule has 10 nitrogen and oxygen atoms in total. The van der Waals surface area contributed by atoms with Crippen molar-refractivity contribution in [1.82, 2.24) is 5.32 Å². The Bertz CT molecular complexity index is 698. The number of rotatable bonds is 7. The highest BCUT2D eigenvalue weighted by Gasteiger charge is 2.18.